The molecule has 1 N–H and O–H groups in total. The fourth-order valence-electron chi connectivity index (χ4n) is 3.57. The first-order chi connectivity index (χ1) is 9.70. The number of hydrogen-bond acceptors (Lipinski definition) is 3. The molecule has 0 aromatic rings. The Labute approximate surface area is 123 Å². The van der Waals surface area contributed by atoms with Gasteiger partial charge < -0.3 is 15.1 Å². The van der Waals surface area contributed by atoms with Crippen molar-refractivity contribution < 1.29 is 4.79 Å². The highest BCUT2D eigenvalue weighted by molar-refractivity contribution is 5.78. The fraction of sp³-hybridized carbons (Fsp3) is 0.938. The second-order valence-electron chi connectivity index (χ2n) is 6.52. The van der Waals surface area contributed by atoms with Crippen molar-refractivity contribution >= 4 is 5.91 Å². The molecule has 0 bridgehead atoms. The first kappa shape index (κ1) is 15.8. The minimum Gasteiger partial charge on any atom is -0.342 e. The molecule has 2 rings (SSSR count). The largest absolute Gasteiger partial charge is 0.342 e. The van der Waals surface area contributed by atoms with Gasteiger partial charge in [-0.2, -0.15) is 0 Å². The van der Waals surface area contributed by atoms with E-state index in [0.29, 0.717) is 6.54 Å². The van der Waals surface area contributed by atoms with Gasteiger partial charge in [0, 0.05) is 19.1 Å². The third-order valence-electron chi connectivity index (χ3n) is 5.06. The number of nitrogens with one attached hydrogen (secondary N) is 1. The van der Waals surface area contributed by atoms with E-state index in [-0.39, 0.29) is 5.91 Å². The van der Waals surface area contributed by atoms with Gasteiger partial charge in [-0.05, 0) is 65.1 Å². The van der Waals surface area contributed by atoms with Crippen LogP contribution in [-0.4, -0.2) is 61.5 Å². The predicted octanol–water partition coefficient (Wildman–Crippen LogP) is 1.71. The van der Waals surface area contributed by atoms with Crippen LogP contribution in [0.5, 0.6) is 0 Å². The Bertz CT molecular complexity index is 300. The molecule has 0 spiro atoms. The van der Waals surface area contributed by atoms with Crippen LogP contribution in [0.3, 0.4) is 0 Å². The summed E-state index contributed by atoms with van der Waals surface area (Å²) in [5.41, 5.74) is 0. The van der Waals surface area contributed by atoms with Gasteiger partial charge in [0.1, 0.15) is 0 Å². The van der Waals surface area contributed by atoms with Gasteiger partial charge >= 0.3 is 0 Å². The number of piperidine rings is 2. The highest BCUT2D eigenvalue weighted by Crippen LogP contribution is 2.23. The van der Waals surface area contributed by atoms with E-state index in [4.69, 9.17) is 0 Å². The molecule has 2 fully saturated rings. The molecule has 2 heterocycles. The van der Waals surface area contributed by atoms with Crippen LogP contribution in [0, 0.1) is 5.92 Å². The molecule has 2 saturated heterocycles. The summed E-state index contributed by atoms with van der Waals surface area (Å²) in [7, 11) is 1.84. The zero-order valence-electron chi connectivity index (χ0n) is 13.2. The summed E-state index contributed by atoms with van der Waals surface area (Å²) < 4.78 is 0. The Balaban J connectivity index is 1.65. The maximum absolute atomic E-state index is 11.8. The molecular weight excluding hydrogens is 250 g/mol. The van der Waals surface area contributed by atoms with E-state index in [1.807, 2.05) is 11.9 Å². The fourth-order valence-corrected chi connectivity index (χ4v) is 3.57. The van der Waals surface area contributed by atoms with Crippen LogP contribution in [0.2, 0.25) is 0 Å². The second kappa shape index (κ2) is 7.99. The Morgan fingerprint density at radius 2 is 1.90 bits per heavy atom. The molecule has 4 nitrogen and oxygen atoms in total. The van der Waals surface area contributed by atoms with Crippen LogP contribution in [-0.2, 0) is 4.79 Å². The quantitative estimate of drug-likeness (QED) is 0.833. The van der Waals surface area contributed by atoms with Crippen molar-refractivity contribution in [3.05, 3.63) is 0 Å². The number of hydrogen-bond donors (Lipinski definition) is 1. The van der Waals surface area contributed by atoms with Crippen molar-refractivity contribution in [2.45, 2.75) is 51.5 Å². The normalized spacial score (nSPS) is 25.9. The van der Waals surface area contributed by atoms with E-state index in [1.54, 1.807) is 0 Å². The van der Waals surface area contributed by atoms with Crippen molar-refractivity contribution in [3.8, 4) is 0 Å². The van der Waals surface area contributed by atoms with Crippen molar-refractivity contribution in [2.75, 3.05) is 39.8 Å². The van der Waals surface area contributed by atoms with Crippen LogP contribution in [0.25, 0.3) is 0 Å². The zero-order chi connectivity index (χ0) is 14.4. The third kappa shape index (κ3) is 4.45. The molecule has 0 radical (unpaired) electrons. The number of amides is 1. The van der Waals surface area contributed by atoms with E-state index in [9.17, 15) is 4.79 Å². The third-order valence-corrected chi connectivity index (χ3v) is 5.06. The number of rotatable bonds is 5. The van der Waals surface area contributed by atoms with Gasteiger partial charge in [0.15, 0.2) is 0 Å². The van der Waals surface area contributed by atoms with Gasteiger partial charge in [0.05, 0.1) is 6.54 Å². The molecule has 4 heteroatoms. The monoisotopic (exact) mass is 281 g/mol. The molecule has 116 valence electrons. The Morgan fingerprint density at radius 1 is 1.15 bits per heavy atom. The minimum absolute atomic E-state index is 0.260. The predicted molar refractivity (Wildman–Crippen MR) is 82.7 cm³/mol. The van der Waals surface area contributed by atoms with Gasteiger partial charge in [-0.1, -0.05) is 6.42 Å². The number of nitrogens with zero attached hydrogens (tertiary/aromatic N) is 2. The Hall–Kier alpha value is -0.610. The molecule has 20 heavy (non-hydrogen) atoms. The van der Waals surface area contributed by atoms with Gasteiger partial charge in [0.2, 0.25) is 5.91 Å². The standard InChI is InChI=1S/C16H31N3O/c1-14-5-3-4-9-18(14)10-6-15-7-11-19(12-8-15)16(20)13-17-2/h14-15,17H,3-13H2,1-2H3. The van der Waals surface area contributed by atoms with E-state index in [2.05, 4.69) is 17.1 Å². The summed E-state index contributed by atoms with van der Waals surface area (Å²) in [4.78, 5) is 16.5. The number of likely N-dealkylation sites (N-methyl/N-ethyl adjacent to an activating group) is 1. The Morgan fingerprint density at radius 3 is 2.55 bits per heavy atom. The highest BCUT2D eigenvalue weighted by atomic mass is 16.2. The molecular formula is C16H31N3O. The van der Waals surface area contributed by atoms with Crippen LogP contribution in [0.1, 0.15) is 45.4 Å². The average molecular weight is 281 g/mol. The van der Waals surface area contributed by atoms with Crippen LogP contribution in [0.4, 0.5) is 0 Å². The SMILES string of the molecule is CNCC(=O)N1CCC(CCN2CCCCC2C)CC1. The van der Waals surface area contributed by atoms with Crippen molar-refractivity contribution in [1.29, 1.82) is 0 Å². The summed E-state index contributed by atoms with van der Waals surface area (Å²) in [6.07, 6.45) is 7.86. The lowest BCUT2D eigenvalue weighted by Gasteiger charge is -2.36. The van der Waals surface area contributed by atoms with Gasteiger partial charge in [-0.15, -0.1) is 0 Å². The lowest BCUT2D eigenvalue weighted by molar-refractivity contribution is -0.131. The van der Waals surface area contributed by atoms with Gasteiger partial charge in [-0.3, -0.25) is 4.79 Å². The summed E-state index contributed by atoms with van der Waals surface area (Å²) in [6, 6.07) is 0.779. The average Bonchev–Trinajstić information content (AvgIpc) is 2.47. The van der Waals surface area contributed by atoms with E-state index in [1.165, 1.54) is 51.6 Å². The molecule has 0 saturated carbocycles. The lowest BCUT2D eigenvalue weighted by Crippen LogP contribution is -2.43. The van der Waals surface area contributed by atoms with E-state index >= 15 is 0 Å². The second-order valence-corrected chi connectivity index (χ2v) is 6.52. The van der Waals surface area contributed by atoms with Gasteiger partial charge in [0.25, 0.3) is 0 Å². The lowest BCUT2D eigenvalue weighted by atomic mass is 9.92. The summed E-state index contributed by atoms with van der Waals surface area (Å²) >= 11 is 0. The molecule has 1 amide bonds. The van der Waals surface area contributed by atoms with Crippen molar-refractivity contribution in [2.24, 2.45) is 5.92 Å². The first-order valence-corrected chi connectivity index (χ1v) is 8.37. The molecule has 2 aliphatic heterocycles. The zero-order valence-corrected chi connectivity index (χ0v) is 13.2. The van der Waals surface area contributed by atoms with Crippen molar-refractivity contribution in [3.63, 3.8) is 0 Å². The Kier molecular flexibility index (Phi) is 6.30. The van der Waals surface area contributed by atoms with Crippen LogP contribution >= 0.6 is 0 Å². The molecule has 0 aromatic carbocycles. The molecule has 1 unspecified atom stereocenters. The highest BCUT2D eigenvalue weighted by Gasteiger charge is 2.24. The number of carbonyl (C=O) groups is 1. The van der Waals surface area contributed by atoms with Crippen LogP contribution in [0.15, 0.2) is 0 Å². The van der Waals surface area contributed by atoms with Gasteiger partial charge in [-0.25, -0.2) is 0 Å². The smallest absolute Gasteiger partial charge is 0.236 e. The molecule has 2 aliphatic rings. The van der Waals surface area contributed by atoms with Crippen molar-refractivity contribution in [1.82, 2.24) is 15.1 Å². The molecule has 0 aromatic heterocycles. The number of carbonyl (C=O) groups excluding carboxylic acids is 1. The first-order valence-electron chi connectivity index (χ1n) is 8.37. The summed E-state index contributed by atoms with van der Waals surface area (Å²) in [6.45, 7) is 7.33. The summed E-state index contributed by atoms with van der Waals surface area (Å²) in [5, 5.41) is 2.95. The number of likely N-dealkylation sites (tertiary alicyclic amines) is 2. The van der Waals surface area contributed by atoms with Crippen LogP contribution < -0.4 is 5.32 Å². The molecule has 0 aliphatic carbocycles. The maximum atomic E-state index is 11.8. The summed E-state index contributed by atoms with van der Waals surface area (Å²) in [5.74, 6) is 1.08. The van der Waals surface area contributed by atoms with E-state index in [0.717, 1.165) is 25.0 Å². The van der Waals surface area contributed by atoms with E-state index < -0.39 is 0 Å². The molecule has 1 atom stereocenters. The minimum atomic E-state index is 0.260. The topological polar surface area (TPSA) is 35.6 Å². The maximum Gasteiger partial charge on any atom is 0.236 e.